The number of amides is 2. The number of nitrogens with zero attached hydrogens (tertiary/aromatic N) is 2. The van der Waals surface area contributed by atoms with Crippen LogP contribution in [0.2, 0.25) is 0 Å². The first-order valence-corrected chi connectivity index (χ1v) is 12.3. The molecule has 166 valence electrons. The van der Waals surface area contributed by atoms with Crippen molar-refractivity contribution in [3.63, 3.8) is 0 Å². The van der Waals surface area contributed by atoms with Gasteiger partial charge in [-0.1, -0.05) is 65.6 Å². The van der Waals surface area contributed by atoms with Crippen LogP contribution in [-0.2, 0) is 4.79 Å². The van der Waals surface area contributed by atoms with E-state index in [9.17, 15) is 9.59 Å². The van der Waals surface area contributed by atoms with Crippen LogP contribution >= 0.6 is 35.3 Å². The molecule has 0 spiro atoms. The van der Waals surface area contributed by atoms with Gasteiger partial charge in [-0.15, -0.1) is 5.10 Å². The van der Waals surface area contributed by atoms with Crippen LogP contribution in [0.15, 0.2) is 83.2 Å². The van der Waals surface area contributed by atoms with Gasteiger partial charge in [0.25, 0.3) is 5.91 Å². The first-order chi connectivity index (χ1) is 16.0. The SMILES string of the molecule is Cc1cccc(NC(=O)c2ccccc2NC(=O)CSc2nn(-c3ccccc3)c(=S)s2)c1. The second-order valence-corrected chi connectivity index (χ2v) is 9.93. The van der Waals surface area contributed by atoms with Crippen LogP contribution in [0.3, 0.4) is 0 Å². The Morgan fingerprint density at radius 1 is 1.00 bits per heavy atom. The molecule has 4 rings (SSSR count). The summed E-state index contributed by atoms with van der Waals surface area (Å²) in [4.78, 5) is 25.4. The standard InChI is InChI=1S/C24H20N4O2S3/c1-16-8-7-9-17(14-16)25-22(30)19-12-5-6-13-20(19)26-21(29)15-32-23-27-28(24(31)33-23)18-10-3-2-4-11-18/h2-14H,15H2,1H3,(H,25,30)(H,26,29). The molecule has 0 atom stereocenters. The fraction of sp³-hybridized carbons (Fsp3) is 0.0833. The highest BCUT2D eigenvalue weighted by Crippen LogP contribution is 2.25. The molecule has 0 saturated carbocycles. The maximum Gasteiger partial charge on any atom is 0.257 e. The minimum Gasteiger partial charge on any atom is -0.325 e. The smallest absolute Gasteiger partial charge is 0.257 e. The molecule has 0 radical (unpaired) electrons. The average Bonchev–Trinajstić information content (AvgIpc) is 3.19. The Hall–Kier alpha value is -3.27. The van der Waals surface area contributed by atoms with E-state index in [1.807, 2.05) is 61.5 Å². The number of carbonyl (C=O) groups is 2. The minimum atomic E-state index is -0.288. The lowest BCUT2D eigenvalue weighted by molar-refractivity contribution is -0.113. The van der Waals surface area contributed by atoms with E-state index in [0.29, 0.717) is 25.2 Å². The first-order valence-electron chi connectivity index (χ1n) is 10.0. The van der Waals surface area contributed by atoms with Crippen molar-refractivity contribution in [2.24, 2.45) is 0 Å². The van der Waals surface area contributed by atoms with Crippen LogP contribution in [0, 0.1) is 10.9 Å². The number of benzene rings is 3. The summed E-state index contributed by atoms with van der Waals surface area (Å²) in [6.45, 7) is 1.96. The fourth-order valence-corrected chi connectivity index (χ4v) is 5.24. The van der Waals surface area contributed by atoms with Gasteiger partial charge in [0.2, 0.25) is 5.91 Å². The predicted octanol–water partition coefficient (Wildman–Crippen LogP) is 5.95. The molecule has 3 aromatic carbocycles. The zero-order valence-electron chi connectivity index (χ0n) is 17.6. The quantitative estimate of drug-likeness (QED) is 0.246. The van der Waals surface area contributed by atoms with Gasteiger partial charge in [0.1, 0.15) is 0 Å². The molecule has 0 saturated heterocycles. The Balaban J connectivity index is 1.40. The van der Waals surface area contributed by atoms with Gasteiger partial charge < -0.3 is 10.6 Å². The monoisotopic (exact) mass is 492 g/mol. The number of aromatic nitrogens is 2. The van der Waals surface area contributed by atoms with E-state index < -0.39 is 0 Å². The fourth-order valence-electron chi connectivity index (χ4n) is 3.08. The highest BCUT2D eigenvalue weighted by atomic mass is 32.2. The van der Waals surface area contributed by atoms with Gasteiger partial charge in [0.05, 0.1) is 22.7 Å². The van der Waals surface area contributed by atoms with Crippen LogP contribution in [0.4, 0.5) is 11.4 Å². The van der Waals surface area contributed by atoms with Crippen molar-refractivity contribution in [1.82, 2.24) is 9.78 Å². The summed E-state index contributed by atoms with van der Waals surface area (Å²) in [5.74, 6) is -0.378. The van der Waals surface area contributed by atoms with Crippen molar-refractivity contribution in [2.75, 3.05) is 16.4 Å². The molecule has 9 heteroatoms. The molecule has 6 nitrogen and oxygen atoms in total. The summed E-state index contributed by atoms with van der Waals surface area (Å²) in [5, 5.41) is 10.2. The summed E-state index contributed by atoms with van der Waals surface area (Å²) in [6.07, 6.45) is 0. The van der Waals surface area contributed by atoms with Gasteiger partial charge in [0, 0.05) is 5.69 Å². The Kier molecular flexibility index (Phi) is 7.33. The van der Waals surface area contributed by atoms with Crippen molar-refractivity contribution in [1.29, 1.82) is 0 Å². The average molecular weight is 493 g/mol. The molecule has 1 heterocycles. The summed E-state index contributed by atoms with van der Waals surface area (Å²) >= 11 is 8.06. The lowest BCUT2D eigenvalue weighted by Crippen LogP contribution is -2.19. The van der Waals surface area contributed by atoms with Gasteiger partial charge in [-0.25, -0.2) is 4.68 Å². The molecular formula is C24H20N4O2S3. The van der Waals surface area contributed by atoms with Crippen LogP contribution in [0.1, 0.15) is 15.9 Å². The molecule has 1 aromatic heterocycles. The van der Waals surface area contributed by atoms with Crippen molar-refractivity contribution in [3.05, 3.63) is 93.9 Å². The number of carbonyl (C=O) groups excluding carboxylic acids is 2. The molecule has 2 amide bonds. The van der Waals surface area contributed by atoms with Gasteiger partial charge >= 0.3 is 0 Å². The van der Waals surface area contributed by atoms with Gasteiger partial charge in [-0.3, -0.25) is 9.59 Å². The number of nitrogens with one attached hydrogen (secondary N) is 2. The molecule has 0 fully saturated rings. The second-order valence-electron chi connectivity index (χ2n) is 7.09. The molecule has 0 aliphatic carbocycles. The van der Waals surface area contributed by atoms with Crippen LogP contribution < -0.4 is 10.6 Å². The lowest BCUT2D eigenvalue weighted by atomic mass is 10.1. The van der Waals surface area contributed by atoms with E-state index >= 15 is 0 Å². The summed E-state index contributed by atoms with van der Waals surface area (Å²) < 4.78 is 3.00. The van der Waals surface area contributed by atoms with E-state index in [0.717, 1.165) is 11.3 Å². The number of hydrogen-bond acceptors (Lipinski definition) is 6. The zero-order valence-corrected chi connectivity index (χ0v) is 20.1. The molecule has 0 bridgehead atoms. The highest BCUT2D eigenvalue weighted by Gasteiger charge is 2.15. The molecule has 4 aromatic rings. The molecule has 0 aliphatic heterocycles. The zero-order chi connectivity index (χ0) is 23.2. The van der Waals surface area contributed by atoms with E-state index in [2.05, 4.69) is 15.7 Å². The van der Waals surface area contributed by atoms with Crippen molar-refractivity contribution < 1.29 is 9.59 Å². The molecule has 2 N–H and O–H groups in total. The predicted molar refractivity (Wildman–Crippen MR) is 137 cm³/mol. The normalized spacial score (nSPS) is 10.6. The second kappa shape index (κ2) is 10.6. The largest absolute Gasteiger partial charge is 0.325 e. The van der Waals surface area contributed by atoms with Crippen molar-refractivity contribution in [2.45, 2.75) is 11.3 Å². The maximum atomic E-state index is 12.8. The van der Waals surface area contributed by atoms with Gasteiger partial charge in [0.15, 0.2) is 8.29 Å². The summed E-state index contributed by atoms with van der Waals surface area (Å²) in [6, 6.07) is 24.1. The minimum absolute atomic E-state index is 0.144. The highest BCUT2D eigenvalue weighted by molar-refractivity contribution is 8.01. The van der Waals surface area contributed by atoms with E-state index in [-0.39, 0.29) is 17.6 Å². The van der Waals surface area contributed by atoms with E-state index in [1.54, 1.807) is 28.9 Å². The van der Waals surface area contributed by atoms with E-state index in [4.69, 9.17) is 12.2 Å². The number of hydrogen-bond donors (Lipinski definition) is 2. The maximum absolute atomic E-state index is 12.8. The third-order valence-electron chi connectivity index (χ3n) is 4.58. The Morgan fingerprint density at radius 2 is 1.76 bits per heavy atom. The van der Waals surface area contributed by atoms with Gasteiger partial charge in [-0.2, -0.15) is 0 Å². The number of aryl methyl sites for hydroxylation is 1. The van der Waals surface area contributed by atoms with E-state index in [1.165, 1.54) is 23.1 Å². The van der Waals surface area contributed by atoms with Crippen LogP contribution in [-0.4, -0.2) is 27.3 Å². The molecular weight excluding hydrogens is 472 g/mol. The van der Waals surface area contributed by atoms with Crippen LogP contribution in [0.25, 0.3) is 5.69 Å². The Bertz CT molecular complexity index is 1350. The molecule has 0 unspecified atom stereocenters. The number of thioether (sulfide) groups is 1. The first kappa shape index (κ1) is 22.9. The van der Waals surface area contributed by atoms with Crippen LogP contribution in [0.5, 0.6) is 0 Å². The molecule has 0 aliphatic rings. The Labute approximate surface area is 204 Å². The summed E-state index contributed by atoms with van der Waals surface area (Å²) in [7, 11) is 0. The third-order valence-corrected chi connectivity index (χ3v) is 6.94. The van der Waals surface area contributed by atoms with Gasteiger partial charge in [-0.05, 0) is 61.1 Å². The van der Waals surface area contributed by atoms with Crippen molar-refractivity contribution in [3.8, 4) is 5.69 Å². The number of para-hydroxylation sites is 2. The molecule has 33 heavy (non-hydrogen) atoms. The number of rotatable bonds is 7. The lowest BCUT2D eigenvalue weighted by Gasteiger charge is -2.11. The topological polar surface area (TPSA) is 76.0 Å². The summed E-state index contributed by atoms with van der Waals surface area (Å²) in [5.41, 5.74) is 3.47. The third kappa shape index (κ3) is 5.95. The van der Waals surface area contributed by atoms with Crippen molar-refractivity contribution >= 4 is 58.5 Å². The Morgan fingerprint density at radius 3 is 2.55 bits per heavy atom. The number of anilines is 2.